The second kappa shape index (κ2) is 10.4. The molecule has 2 aromatic rings. The van der Waals surface area contributed by atoms with Gasteiger partial charge in [0.25, 0.3) is 5.91 Å². The Balaban J connectivity index is 1.16. The number of methoxy groups -OCH3 is 1. The zero-order valence-electron chi connectivity index (χ0n) is 21.5. The minimum atomic E-state index is -0.338. The SMILES string of the molecule is COc1ccc2c(c1)CC[C@@H]1[C@@H]2CC[C@]2(C)C(=O)CC(CCCCCNC(=O)c3ccc(F)cc3)[C@@H]12. The lowest BCUT2D eigenvalue weighted by Crippen LogP contribution is -2.44. The Morgan fingerprint density at radius 1 is 1.11 bits per heavy atom. The van der Waals surface area contributed by atoms with Crippen LogP contribution in [0.2, 0.25) is 0 Å². The number of benzene rings is 2. The summed E-state index contributed by atoms with van der Waals surface area (Å²) in [6.45, 7) is 2.87. The predicted molar refractivity (Wildman–Crippen MR) is 139 cm³/mol. The van der Waals surface area contributed by atoms with Gasteiger partial charge in [0.2, 0.25) is 0 Å². The third kappa shape index (κ3) is 4.69. The van der Waals surface area contributed by atoms with Crippen LogP contribution in [0.3, 0.4) is 0 Å². The number of unbranched alkanes of at least 4 members (excludes halogenated alkanes) is 2. The highest BCUT2D eigenvalue weighted by Gasteiger charge is 2.58. The standard InChI is InChI=1S/C31H38FNO3/c1-31-16-15-26-25-14-12-24(36-2)18-21(25)9-13-27(26)29(31)22(19-28(31)34)6-4-3-5-17-33-30(35)20-7-10-23(32)11-8-20/h7-8,10-12,14,18,22,26-27,29H,3-6,9,13,15-17,19H2,1-2H3,(H,33,35)/t22?,26-,27-,29+,31-/m1/s1. The van der Waals surface area contributed by atoms with E-state index in [9.17, 15) is 14.0 Å². The molecule has 192 valence electrons. The Bertz CT molecular complexity index is 1110. The minimum Gasteiger partial charge on any atom is -0.497 e. The van der Waals surface area contributed by atoms with E-state index in [0.717, 1.165) is 57.1 Å². The molecule has 1 unspecified atom stereocenters. The highest BCUT2D eigenvalue weighted by molar-refractivity contribution is 5.94. The molecular formula is C31H38FNO3. The number of fused-ring (bicyclic) bond motifs is 5. The van der Waals surface area contributed by atoms with E-state index in [4.69, 9.17) is 4.74 Å². The summed E-state index contributed by atoms with van der Waals surface area (Å²) >= 11 is 0. The normalized spacial score (nSPS) is 28.7. The zero-order chi connectivity index (χ0) is 25.3. The molecule has 1 N–H and O–H groups in total. The van der Waals surface area contributed by atoms with Crippen LogP contribution in [0.5, 0.6) is 5.75 Å². The van der Waals surface area contributed by atoms with E-state index in [1.54, 1.807) is 7.11 Å². The van der Waals surface area contributed by atoms with Crippen molar-refractivity contribution in [3.63, 3.8) is 0 Å². The van der Waals surface area contributed by atoms with Crippen molar-refractivity contribution in [2.24, 2.45) is 23.2 Å². The number of hydrogen-bond acceptors (Lipinski definition) is 3. The number of aryl methyl sites for hydroxylation is 1. The number of nitrogens with one attached hydrogen (secondary N) is 1. The highest BCUT2D eigenvalue weighted by Crippen LogP contribution is 2.62. The predicted octanol–water partition coefficient (Wildman–Crippen LogP) is 6.48. The molecular weight excluding hydrogens is 453 g/mol. The van der Waals surface area contributed by atoms with Crippen LogP contribution in [0.4, 0.5) is 4.39 Å². The number of Topliss-reactive ketones (excluding diaryl/α,β-unsaturated/α-hetero) is 1. The van der Waals surface area contributed by atoms with Crippen LogP contribution in [0.25, 0.3) is 0 Å². The molecule has 0 bridgehead atoms. The molecule has 0 spiro atoms. The molecule has 3 aliphatic rings. The number of ether oxygens (including phenoxy) is 1. The van der Waals surface area contributed by atoms with E-state index in [-0.39, 0.29) is 17.1 Å². The van der Waals surface area contributed by atoms with Crippen molar-refractivity contribution in [1.82, 2.24) is 5.32 Å². The Morgan fingerprint density at radius 3 is 2.69 bits per heavy atom. The van der Waals surface area contributed by atoms with Crippen molar-refractivity contribution in [3.05, 3.63) is 65.0 Å². The molecule has 2 aromatic carbocycles. The molecule has 0 radical (unpaired) electrons. The smallest absolute Gasteiger partial charge is 0.251 e. The van der Waals surface area contributed by atoms with E-state index in [0.29, 0.717) is 41.6 Å². The first kappa shape index (κ1) is 25.0. The van der Waals surface area contributed by atoms with E-state index >= 15 is 0 Å². The van der Waals surface area contributed by atoms with Gasteiger partial charge in [-0.25, -0.2) is 4.39 Å². The van der Waals surface area contributed by atoms with Gasteiger partial charge in [0.15, 0.2) is 0 Å². The van der Waals surface area contributed by atoms with E-state index < -0.39 is 0 Å². The second-order valence-electron chi connectivity index (χ2n) is 11.4. The van der Waals surface area contributed by atoms with Gasteiger partial charge >= 0.3 is 0 Å². The molecule has 0 aliphatic heterocycles. The lowest BCUT2D eigenvalue weighted by Gasteiger charge is -2.50. The highest BCUT2D eigenvalue weighted by atomic mass is 19.1. The fourth-order valence-electron chi connectivity index (χ4n) is 7.62. The van der Waals surface area contributed by atoms with Crippen LogP contribution in [-0.4, -0.2) is 25.3 Å². The number of halogens is 1. The molecule has 4 nitrogen and oxygen atoms in total. The summed E-state index contributed by atoms with van der Waals surface area (Å²) in [6, 6.07) is 12.2. The van der Waals surface area contributed by atoms with E-state index in [2.05, 4.69) is 30.4 Å². The lowest BCUT2D eigenvalue weighted by atomic mass is 9.54. The van der Waals surface area contributed by atoms with Crippen LogP contribution in [0.15, 0.2) is 42.5 Å². The molecule has 3 aliphatic carbocycles. The molecule has 0 aromatic heterocycles. The van der Waals surface area contributed by atoms with Gasteiger partial charge in [-0.05, 0) is 110 Å². The number of amides is 1. The van der Waals surface area contributed by atoms with Gasteiger partial charge in [0.1, 0.15) is 17.3 Å². The number of carbonyl (C=O) groups is 2. The van der Waals surface area contributed by atoms with Gasteiger partial charge < -0.3 is 10.1 Å². The van der Waals surface area contributed by atoms with Crippen molar-refractivity contribution in [1.29, 1.82) is 0 Å². The van der Waals surface area contributed by atoms with Crippen molar-refractivity contribution >= 4 is 11.7 Å². The van der Waals surface area contributed by atoms with Gasteiger partial charge in [-0.15, -0.1) is 0 Å². The van der Waals surface area contributed by atoms with Gasteiger partial charge in [-0.2, -0.15) is 0 Å². The van der Waals surface area contributed by atoms with Crippen LogP contribution < -0.4 is 10.1 Å². The topological polar surface area (TPSA) is 55.4 Å². The van der Waals surface area contributed by atoms with Gasteiger partial charge in [-0.3, -0.25) is 9.59 Å². The molecule has 5 rings (SSSR count). The molecule has 2 fully saturated rings. The molecule has 5 heteroatoms. The first-order valence-corrected chi connectivity index (χ1v) is 13.6. The summed E-state index contributed by atoms with van der Waals surface area (Å²) in [7, 11) is 1.73. The largest absolute Gasteiger partial charge is 0.497 e. The third-order valence-electron chi connectivity index (χ3n) is 9.42. The molecule has 1 amide bonds. The van der Waals surface area contributed by atoms with Crippen LogP contribution in [0, 0.1) is 29.0 Å². The molecule has 2 saturated carbocycles. The van der Waals surface area contributed by atoms with Crippen molar-refractivity contribution in [2.45, 2.75) is 70.6 Å². The molecule has 0 saturated heterocycles. The molecule has 0 heterocycles. The Hall–Kier alpha value is -2.69. The molecule has 5 atom stereocenters. The third-order valence-corrected chi connectivity index (χ3v) is 9.42. The average Bonchev–Trinajstić information content (AvgIpc) is 3.15. The fraction of sp³-hybridized carbons (Fsp3) is 0.548. The lowest BCUT2D eigenvalue weighted by molar-refractivity contribution is -0.129. The summed E-state index contributed by atoms with van der Waals surface area (Å²) in [5.41, 5.74) is 3.25. The van der Waals surface area contributed by atoms with Crippen molar-refractivity contribution in [3.8, 4) is 5.75 Å². The maximum atomic E-state index is 13.2. The fourth-order valence-corrected chi connectivity index (χ4v) is 7.62. The molecule has 36 heavy (non-hydrogen) atoms. The van der Waals surface area contributed by atoms with Gasteiger partial charge in [0.05, 0.1) is 7.11 Å². The second-order valence-corrected chi connectivity index (χ2v) is 11.4. The minimum absolute atomic E-state index is 0.154. The van der Waals surface area contributed by atoms with Gasteiger partial charge in [0, 0.05) is 23.9 Å². The number of rotatable bonds is 8. The van der Waals surface area contributed by atoms with E-state index in [1.165, 1.54) is 41.8 Å². The number of hydrogen-bond donors (Lipinski definition) is 1. The summed E-state index contributed by atoms with van der Waals surface area (Å²) in [6.07, 6.45) is 9.24. The maximum Gasteiger partial charge on any atom is 0.251 e. The maximum absolute atomic E-state index is 13.2. The zero-order valence-corrected chi connectivity index (χ0v) is 21.5. The monoisotopic (exact) mass is 491 g/mol. The summed E-state index contributed by atoms with van der Waals surface area (Å²) in [5, 5.41) is 2.94. The van der Waals surface area contributed by atoms with Crippen LogP contribution in [-0.2, 0) is 11.2 Å². The number of ketones is 1. The van der Waals surface area contributed by atoms with Crippen LogP contribution >= 0.6 is 0 Å². The van der Waals surface area contributed by atoms with E-state index in [1.807, 2.05) is 0 Å². The van der Waals surface area contributed by atoms with Crippen LogP contribution in [0.1, 0.15) is 85.7 Å². The quantitative estimate of drug-likeness (QED) is 0.430. The average molecular weight is 492 g/mol. The Morgan fingerprint density at radius 2 is 1.92 bits per heavy atom. The summed E-state index contributed by atoms with van der Waals surface area (Å²) in [5.74, 6) is 3.05. The van der Waals surface area contributed by atoms with Gasteiger partial charge in [-0.1, -0.05) is 25.8 Å². The van der Waals surface area contributed by atoms with Crippen molar-refractivity contribution < 1.29 is 18.7 Å². The Kier molecular flexibility index (Phi) is 7.18. The summed E-state index contributed by atoms with van der Waals surface area (Å²) in [4.78, 5) is 25.4. The van der Waals surface area contributed by atoms with Crippen molar-refractivity contribution in [2.75, 3.05) is 13.7 Å². The summed E-state index contributed by atoms with van der Waals surface area (Å²) < 4.78 is 18.5. The number of carbonyl (C=O) groups excluding carboxylic acids is 2. The Labute approximate surface area is 214 Å². The first-order valence-electron chi connectivity index (χ1n) is 13.6. The first-order chi connectivity index (χ1) is 17.4.